The largest absolute Gasteiger partial charge is 0.323 e. The van der Waals surface area contributed by atoms with Crippen LogP contribution in [0.15, 0.2) is 34.9 Å². The molecule has 8 heteroatoms. The lowest BCUT2D eigenvalue weighted by Gasteiger charge is -2.09. The van der Waals surface area contributed by atoms with Crippen molar-refractivity contribution in [3.8, 4) is 0 Å². The van der Waals surface area contributed by atoms with Gasteiger partial charge in [0.1, 0.15) is 5.69 Å². The van der Waals surface area contributed by atoms with Gasteiger partial charge in [-0.2, -0.15) is 0 Å². The lowest BCUT2D eigenvalue weighted by atomic mass is 10.3. The Hall–Kier alpha value is -1.34. The van der Waals surface area contributed by atoms with Gasteiger partial charge in [-0.1, -0.05) is 39.1 Å². The van der Waals surface area contributed by atoms with Crippen molar-refractivity contribution >= 4 is 56.4 Å². The van der Waals surface area contributed by atoms with E-state index in [1.165, 1.54) is 12.3 Å². The van der Waals surface area contributed by atoms with Crippen LogP contribution in [0.25, 0.3) is 0 Å². The number of carbonyl (C=O) groups is 1. The first-order chi connectivity index (χ1) is 9.51. The fourth-order valence-electron chi connectivity index (χ4n) is 1.45. The van der Waals surface area contributed by atoms with E-state index >= 15 is 0 Å². The number of halogens is 3. The topological polar surface area (TPSA) is 80.0 Å². The maximum absolute atomic E-state index is 12.0. The number of carbonyl (C=O) groups excluding carboxylic acids is 1. The van der Waals surface area contributed by atoms with Crippen LogP contribution in [0.5, 0.6) is 0 Å². The van der Waals surface area contributed by atoms with Crippen molar-refractivity contribution in [3.63, 3.8) is 0 Å². The van der Waals surface area contributed by atoms with E-state index in [2.05, 4.69) is 31.7 Å². The molecule has 0 spiro atoms. The van der Waals surface area contributed by atoms with Crippen molar-refractivity contribution in [3.05, 3.63) is 50.7 Å². The molecule has 2 rings (SSSR count). The van der Waals surface area contributed by atoms with Crippen LogP contribution in [-0.2, 0) is 0 Å². The van der Waals surface area contributed by atoms with Gasteiger partial charge in [-0.15, -0.1) is 0 Å². The Bertz CT molecular complexity index is 625. The number of aromatic nitrogens is 1. The normalized spacial score (nSPS) is 10.2. The van der Waals surface area contributed by atoms with E-state index < -0.39 is 5.91 Å². The minimum absolute atomic E-state index is 0.221. The van der Waals surface area contributed by atoms with Gasteiger partial charge in [0.05, 0.1) is 27.6 Å². The van der Waals surface area contributed by atoms with Crippen molar-refractivity contribution in [2.24, 2.45) is 5.84 Å². The third-order valence-electron chi connectivity index (χ3n) is 2.41. The Labute approximate surface area is 133 Å². The zero-order chi connectivity index (χ0) is 14.7. The summed E-state index contributed by atoms with van der Waals surface area (Å²) in [5.41, 5.74) is 3.58. The average Bonchev–Trinajstić information content (AvgIpc) is 2.42. The first-order valence-electron chi connectivity index (χ1n) is 5.40. The molecule has 1 aromatic heterocycles. The summed E-state index contributed by atoms with van der Waals surface area (Å²) < 4.78 is 0.724. The van der Waals surface area contributed by atoms with Gasteiger partial charge in [0, 0.05) is 4.47 Å². The molecule has 1 amide bonds. The number of nitrogen functional groups attached to an aromatic ring is 1. The van der Waals surface area contributed by atoms with Gasteiger partial charge in [0.2, 0.25) is 0 Å². The smallest absolute Gasteiger partial charge is 0.274 e. The highest BCUT2D eigenvalue weighted by Gasteiger charge is 2.13. The zero-order valence-electron chi connectivity index (χ0n) is 9.95. The molecule has 1 heterocycles. The second-order valence-electron chi connectivity index (χ2n) is 3.78. The second kappa shape index (κ2) is 6.41. The number of amides is 1. The predicted molar refractivity (Wildman–Crippen MR) is 84.2 cm³/mol. The summed E-state index contributed by atoms with van der Waals surface area (Å²) in [6.07, 6.45) is 1.44. The number of nitrogens with two attached hydrogens (primary N) is 1. The summed E-state index contributed by atoms with van der Waals surface area (Å²) in [5, 5.41) is 3.28. The standard InChI is InChI=1S/C12H9BrCl2N4O/c13-6-3-8(14)11(9(15)4-6)18-12(20)10-2-1-7(19-16)5-17-10/h1-5,19H,16H2,(H,18,20). The Kier molecular flexibility index (Phi) is 4.82. The number of benzene rings is 1. The molecule has 0 fully saturated rings. The highest BCUT2D eigenvalue weighted by atomic mass is 79.9. The third-order valence-corrected chi connectivity index (χ3v) is 3.46. The molecule has 0 aliphatic heterocycles. The van der Waals surface area contributed by atoms with Crippen molar-refractivity contribution in [1.29, 1.82) is 0 Å². The molecular formula is C12H9BrCl2N4O. The third kappa shape index (κ3) is 3.40. The van der Waals surface area contributed by atoms with Crippen LogP contribution in [0.2, 0.25) is 10.0 Å². The van der Waals surface area contributed by atoms with Crippen LogP contribution in [0.3, 0.4) is 0 Å². The average molecular weight is 376 g/mol. The number of nitrogens with one attached hydrogen (secondary N) is 2. The molecular weight excluding hydrogens is 367 g/mol. The van der Waals surface area contributed by atoms with E-state index in [9.17, 15) is 4.79 Å². The number of rotatable bonds is 3. The van der Waals surface area contributed by atoms with Gasteiger partial charge < -0.3 is 10.7 Å². The lowest BCUT2D eigenvalue weighted by molar-refractivity contribution is 0.102. The van der Waals surface area contributed by atoms with Gasteiger partial charge in [-0.05, 0) is 24.3 Å². The summed E-state index contributed by atoms with van der Waals surface area (Å²) in [6, 6.07) is 6.44. The predicted octanol–water partition coefficient (Wildman–Crippen LogP) is 3.69. The van der Waals surface area contributed by atoms with E-state index in [4.69, 9.17) is 29.0 Å². The molecule has 0 aliphatic rings. The molecule has 0 bridgehead atoms. The Morgan fingerprint density at radius 1 is 1.25 bits per heavy atom. The highest BCUT2D eigenvalue weighted by molar-refractivity contribution is 9.10. The fraction of sp³-hybridized carbons (Fsp3) is 0. The molecule has 1 aromatic carbocycles. The van der Waals surface area contributed by atoms with E-state index in [-0.39, 0.29) is 5.69 Å². The van der Waals surface area contributed by atoms with Crippen LogP contribution in [-0.4, -0.2) is 10.9 Å². The molecule has 5 nitrogen and oxygen atoms in total. The van der Waals surface area contributed by atoms with E-state index in [0.717, 1.165) is 4.47 Å². The van der Waals surface area contributed by atoms with Crippen LogP contribution < -0.4 is 16.6 Å². The van der Waals surface area contributed by atoms with Gasteiger partial charge in [0.15, 0.2) is 0 Å². The molecule has 0 unspecified atom stereocenters. The molecule has 20 heavy (non-hydrogen) atoms. The van der Waals surface area contributed by atoms with Gasteiger partial charge >= 0.3 is 0 Å². The minimum Gasteiger partial charge on any atom is -0.323 e. The van der Waals surface area contributed by atoms with Gasteiger partial charge in [0.25, 0.3) is 5.91 Å². The van der Waals surface area contributed by atoms with Crippen molar-refractivity contribution in [2.45, 2.75) is 0 Å². The Morgan fingerprint density at radius 3 is 2.40 bits per heavy atom. The monoisotopic (exact) mass is 374 g/mol. The Morgan fingerprint density at radius 2 is 1.90 bits per heavy atom. The van der Waals surface area contributed by atoms with Crippen LogP contribution >= 0.6 is 39.1 Å². The summed E-state index contributed by atoms with van der Waals surface area (Å²) in [4.78, 5) is 16.0. The van der Waals surface area contributed by atoms with E-state index in [0.29, 0.717) is 21.4 Å². The maximum atomic E-state index is 12.0. The number of anilines is 2. The molecule has 4 N–H and O–H groups in total. The Balaban J connectivity index is 2.23. The number of pyridine rings is 1. The first kappa shape index (κ1) is 15.1. The van der Waals surface area contributed by atoms with E-state index in [1.807, 2.05) is 0 Å². The van der Waals surface area contributed by atoms with E-state index in [1.54, 1.807) is 18.2 Å². The summed E-state index contributed by atoms with van der Waals surface area (Å²) >= 11 is 15.3. The van der Waals surface area contributed by atoms with Crippen molar-refractivity contribution < 1.29 is 4.79 Å². The number of hydrogen-bond donors (Lipinski definition) is 3. The SMILES string of the molecule is NNc1ccc(C(=O)Nc2c(Cl)cc(Br)cc2Cl)nc1. The molecule has 0 radical (unpaired) electrons. The summed E-state index contributed by atoms with van der Waals surface area (Å²) in [7, 11) is 0. The van der Waals surface area contributed by atoms with Crippen LogP contribution in [0, 0.1) is 0 Å². The van der Waals surface area contributed by atoms with Crippen LogP contribution in [0.1, 0.15) is 10.5 Å². The molecule has 104 valence electrons. The molecule has 0 saturated heterocycles. The van der Waals surface area contributed by atoms with Crippen molar-refractivity contribution in [2.75, 3.05) is 10.7 Å². The molecule has 2 aromatic rings. The first-order valence-corrected chi connectivity index (χ1v) is 6.94. The molecule has 0 saturated carbocycles. The lowest BCUT2D eigenvalue weighted by Crippen LogP contribution is -2.15. The van der Waals surface area contributed by atoms with Gasteiger partial charge in [-0.25, -0.2) is 4.98 Å². The maximum Gasteiger partial charge on any atom is 0.274 e. The summed E-state index contributed by atoms with van der Waals surface area (Å²) in [5.74, 6) is 4.81. The number of nitrogens with zero attached hydrogens (tertiary/aromatic N) is 1. The quantitative estimate of drug-likeness (QED) is 0.564. The van der Waals surface area contributed by atoms with Gasteiger partial charge in [-0.3, -0.25) is 10.6 Å². The fourth-order valence-corrected chi connectivity index (χ4v) is 2.76. The second-order valence-corrected chi connectivity index (χ2v) is 5.51. The molecule has 0 aliphatic carbocycles. The number of hydrogen-bond acceptors (Lipinski definition) is 4. The van der Waals surface area contributed by atoms with Crippen molar-refractivity contribution in [1.82, 2.24) is 4.98 Å². The minimum atomic E-state index is -0.417. The zero-order valence-corrected chi connectivity index (χ0v) is 13.1. The van der Waals surface area contributed by atoms with Crippen LogP contribution in [0.4, 0.5) is 11.4 Å². The summed E-state index contributed by atoms with van der Waals surface area (Å²) in [6.45, 7) is 0. The number of hydrazine groups is 1. The highest BCUT2D eigenvalue weighted by Crippen LogP contribution is 2.34. The molecule has 0 atom stereocenters.